The Morgan fingerprint density at radius 1 is 1.06 bits per heavy atom. The highest BCUT2D eigenvalue weighted by atomic mass is 16.2. The van der Waals surface area contributed by atoms with E-state index in [2.05, 4.69) is 60.8 Å². The van der Waals surface area contributed by atoms with Gasteiger partial charge in [-0.05, 0) is 43.2 Å². The number of piperazine rings is 1. The number of carbonyl (C=O) groups is 2. The van der Waals surface area contributed by atoms with Crippen molar-refractivity contribution in [1.29, 1.82) is 0 Å². The summed E-state index contributed by atoms with van der Waals surface area (Å²) in [7, 11) is 0. The Hall–Kier alpha value is -4.12. The van der Waals surface area contributed by atoms with E-state index in [0.717, 1.165) is 50.5 Å². The fourth-order valence-electron chi connectivity index (χ4n) is 4.15. The summed E-state index contributed by atoms with van der Waals surface area (Å²) in [5, 5.41) is 19.4. The van der Waals surface area contributed by atoms with Crippen LogP contribution in [0, 0.1) is 0 Å². The quantitative estimate of drug-likeness (QED) is 0.278. The van der Waals surface area contributed by atoms with Gasteiger partial charge in [0.05, 0.1) is 6.20 Å². The van der Waals surface area contributed by atoms with Crippen LogP contribution in [0.15, 0.2) is 42.2 Å². The Morgan fingerprint density at radius 2 is 1.85 bits per heavy atom. The molecule has 1 aromatic carbocycles. The van der Waals surface area contributed by atoms with E-state index in [1.165, 1.54) is 5.69 Å². The van der Waals surface area contributed by atoms with E-state index >= 15 is 0 Å². The van der Waals surface area contributed by atoms with Gasteiger partial charge in [0.15, 0.2) is 5.65 Å². The molecular weight excluding hydrogens is 434 g/mol. The van der Waals surface area contributed by atoms with Crippen LogP contribution in [0.1, 0.15) is 18.4 Å². The minimum atomic E-state index is -0.539. The molecule has 6 rings (SSSR count). The molecule has 11 nitrogen and oxygen atoms in total. The monoisotopic (exact) mass is 459 g/mol. The summed E-state index contributed by atoms with van der Waals surface area (Å²) in [6.45, 7) is 3.99. The molecule has 2 aliphatic heterocycles. The smallest absolute Gasteiger partial charge is 0.326 e. The van der Waals surface area contributed by atoms with Gasteiger partial charge in [-0.3, -0.25) is 10.1 Å². The average molecular weight is 460 g/mol. The van der Waals surface area contributed by atoms with Gasteiger partial charge in [-0.2, -0.15) is 9.61 Å². The van der Waals surface area contributed by atoms with Crippen molar-refractivity contribution in [2.24, 2.45) is 0 Å². The molecule has 3 fully saturated rings. The first kappa shape index (κ1) is 20.5. The highest BCUT2D eigenvalue weighted by Gasteiger charge is 2.25. The second-order valence-corrected chi connectivity index (χ2v) is 8.66. The van der Waals surface area contributed by atoms with Crippen molar-refractivity contribution in [1.82, 2.24) is 30.5 Å². The molecule has 4 heterocycles. The number of nitrogens with zero attached hydrogens (tertiary/aromatic N) is 4. The molecule has 3 amide bonds. The number of benzene rings is 1. The van der Waals surface area contributed by atoms with E-state index in [0.29, 0.717) is 23.1 Å². The van der Waals surface area contributed by atoms with Gasteiger partial charge in [-0.1, -0.05) is 0 Å². The van der Waals surface area contributed by atoms with Gasteiger partial charge in [0.2, 0.25) is 0 Å². The van der Waals surface area contributed by atoms with Gasteiger partial charge in [-0.15, -0.1) is 0 Å². The minimum absolute atomic E-state index is 0.167. The second kappa shape index (κ2) is 8.34. The Bertz CT molecular complexity index is 1290. The van der Waals surface area contributed by atoms with E-state index in [1.807, 2.05) is 6.07 Å². The normalized spacial score (nSPS) is 19.4. The highest BCUT2D eigenvalue weighted by Crippen LogP contribution is 2.29. The molecule has 174 valence electrons. The molecule has 2 saturated heterocycles. The lowest BCUT2D eigenvalue weighted by Gasteiger charge is -2.29. The van der Waals surface area contributed by atoms with Crippen LogP contribution >= 0.6 is 0 Å². The van der Waals surface area contributed by atoms with Crippen molar-refractivity contribution in [2.75, 3.05) is 41.7 Å². The Kier molecular flexibility index (Phi) is 5.02. The number of hydrogen-bond donors (Lipinski definition) is 5. The van der Waals surface area contributed by atoms with Crippen LogP contribution in [0.3, 0.4) is 0 Å². The van der Waals surface area contributed by atoms with Crippen molar-refractivity contribution in [2.45, 2.75) is 18.9 Å². The van der Waals surface area contributed by atoms with Crippen LogP contribution < -0.4 is 31.5 Å². The van der Waals surface area contributed by atoms with Gasteiger partial charge in [-0.25, -0.2) is 9.78 Å². The number of amides is 3. The largest absolute Gasteiger partial charge is 0.369 e. The van der Waals surface area contributed by atoms with Crippen LogP contribution in [-0.4, -0.2) is 58.8 Å². The molecule has 0 bridgehead atoms. The minimum Gasteiger partial charge on any atom is -0.369 e. The molecule has 5 N–H and O–H groups in total. The van der Waals surface area contributed by atoms with E-state index in [-0.39, 0.29) is 5.70 Å². The first-order valence-electron chi connectivity index (χ1n) is 11.4. The fraction of sp³-hybridized carbons (Fsp3) is 0.304. The third kappa shape index (κ3) is 4.13. The predicted octanol–water partition coefficient (Wildman–Crippen LogP) is 1.64. The number of fused-ring (bicyclic) bond motifs is 1. The molecule has 3 aromatic rings. The van der Waals surface area contributed by atoms with E-state index in [4.69, 9.17) is 4.98 Å². The fourth-order valence-corrected chi connectivity index (χ4v) is 4.15. The number of urea groups is 1. The topological polar surface area (TPSA) is 128 Å². The number of carbonyl (C=O) groups excluding carboxylic acids is 2. The molecule has 0 atom stereocenters. The maximum absolute atomic E-state index is 12.0. The average Bonchev–Trinajstić information content (AvgIpc) is 3.48. The van der Waals surface area contributed by atoms with Gasteiger partial charge >= 0.3 is 6.03 Å². The SMILES string of the molecule is O=C1NC(=O)/C(=C/c2cnn3c(NC4CC4)cc(Nc4ccc(N5CCNCC5)cc4)nc23)N1. The predicted molar refractivity (Wildman–Crippen MR) is 129 cm³/mol. The third-order valence-corrected chi connectivity index (χ3v) is 6.07. The van der Waals surface area contributed by atoms with Gasteiger partial charge < -0.3 is 26.2 Å². The molecule has 1 saturated carbocycles. The molecular formula is C23H25N9O2. The summed E-state index contributed by atoms with van der Waals surface area (Å²) in [4.78, 5) is 30.6. The maximum atomic E-state index is 12.0. The number of rotatable bonds is 6. The first-order chi connectivity index (χ1) is 16.6. The van der Waals surface area contributed by atoms with E-state index in [9.17, 15) is 9.59 Å². The Morgan fingerprint density at radius 3 is 2.56 bits per heavy atom. The molecule has 0 unspecified atom stereocenters. The lowest BCUT2D eigenvalue weighted by Crippen LogP contribution is -2.43. The third-order valence-electron chi connectivity index (χ3n) is 6.07. The van der Waals surface area contributed by atoms with Crippen LogP contribution in [0.25, 0.3) is 11.7 Å². The van der Waals surface area contributed by atoms with Crippen LogP contribution in [0.4, 0.5) is 27.8 Å². The molecule has 2 aromatic heterocycles. The van der Waals surface area contributed by atoms with E-state index < -0.39 is 11.9 Å². The molecule has 11 heteroatoms. The number of aromatic nitrogens is 3. The zero-order valence-electron chi connectivity index (χ0n) is 18.5. The molecule has 0 radical (unpaired) electrons. The lowest BCUT2D eigenvalue weighted by atomic mass is 10.2. The summed E-state index contributed by atoms with van der Waals surface area (Å²) < 4.78 is 1.72. The van der Waals surface area contributed by atoms with Gasteiger partial charge in [0.25, 0.3) is 5.91 Å². The summed E-state index contributed by atoms with van der Waals surface area (Å²) in [6, 6.07) is 10.1. The molecule has 1 aliphatic carbocycles. The molecule has 0 spiro atoms. The highest BCUT2D eigenvalue weighted by molar-refractivity contribution is 6.14. The van der Waals surface area contributed by atoms with Crippen LogP contribution in [0.2, 0.25) is 0 Å². The summed E-state index contributed by atoms with van der Waals surface area (Å²) in [6.07, 6.45) is 5.45. The van der Waals surface area contributed by atoms with Crippen LogP contribution in [0.5, 0.6) is 0 Å². The Balaban J connectivity index is 1.31. The van der Waals surface area contributed by atoms with E-state index in [1.54, 1.807) is 16.8 Å². The maximum Gasteiger partial charge on any atom is 0.326 e. The summed E-state index contributed by atoms with van der Waals surface area (Å²) in [5.74, 6) is 1.00. The Labute approximate surface area is 195 Å². The number of imide groups is 1. The number of nitrogens with one attached hydrogen (secondary N) is 5. The molecule has 3 aliphatic rings. The summed E-state index contributed by atoms with van der Waals surface area (Å²) in [5.41, 5.74) is 3.50. The standard InChI is InChI=1S/C23H25N9O2/c33-22-18(28-23(34)30-22)11-14-13-25-32-20(27-16-1-2-16)12-19(29-21(14)32)26-15-3-5-17(6-4-15)31-9-7-24-8-10-31/h3-6,11-13,16,24,27H,1-2,7-10H2,(H,26,29)(H2,28,30,33,34)/b18-11-. The molecule has 34 heavy (non-hydrogen) atoms. The van der Waals surface area contributed by atoms with Crippen molar-refractivity contribution in [3.05, 3.63) is 47.8 Å². The van der Waals surface area contributed by atoms with Crippen molar-refractivity contribution in [3.63, 3.8) is 0 Å². The van der Waals surface area contributed by atoms with Crippen molar-refractivity contribution >= 4 is 46.7 Å². The first-order valence-corrected chi connectivity index (χ1v) is 11.4. The van der Waals surface area contributed by atoms with Crippen molar-refractivity contribution < 1.29 is 9.59 Å². The number of hydrogen-bond acceptors (Lipinski definition) is 8. The zero-order chi connectivity index (χ0) is 23.1. The van der Waals surface area contributed by atoms with Gasteiger partial charge in [0.1, 0.15) is 17.3 Å². The van der Waals surface area contributed by atoms with Crippen molar-refractivity contribution in [3.8, 4) is 0 Å². The number of anilines is 4. The van der Waals surface area contributed by atoms with Gasteiger partial charge in [0, 0.05) is 55.2 Å². The summed E-state index contributed by atoms with van der Waals surface area (Å²) >= 11 is 0. The zero-order valence-corrected chi connectivity index (χ0v) is 18.5. The second-order valence-electron chi connectivity index (χ2n) is 8.66. The lowest BCUT2D eigenvalue weighted by molar-refractivity contribution is -0.115. The van der Waals surface area contributed by atoms with Crippen LogP contribution in [-0.2, 0) is 4.79 Å².